The summed E-state index contributed by atoms with van der Waals surface area (Å²) in [5, 5.41) is 0. The van der Waals surface area contributed by atoms with Crippen molar-refractivity contribution in [2.75, 3.05) is 0 Å². The van der Waals surface area contributed by atoms with E-state index in [0.29, 0.717) is 11.4 Å². The van der Waals surface area contributed by atoms with Crippen LogP contribution >= 0.6 is 0 Å². The normalized spacial score (nSPS) is 9.57. The molecule has 0 saturated heterocycles. The fraction of sp³-hybridized carbons (Fsp3) is 0. The Morgan fingerprint density at radius 3 is 1.43 bits per heavy atom. The van der Waals surface area contributed by atoms with E-state index in [1.807, 2.05) is 24.3 Å². The van der Waals surface area contributed by atoms with E-state index < -0.39 is 0 Å². The Labute approximate surface area is 161 Å². The van der Waals surface area contributed by atoms with Gasteiger partial charge in [0.05, 0.1) is 11.4 Å². The SMILES string of the molecule is C(#Cc1ccncn1)c1ccnc(-c2cc(C#Cc3ccncn3)ccn2)c1. The van der Waals surface area contributed by atoms with Gasteiger partial charge in [0.1, 0.15) is 24.0 Å². The van der Waals surface area contributed by atoms with E-state index in [1.165, 1.54) is 12.7 Å². The lowest BCUT2D eigenvalue weighted by Crippen LogP contribution is -1.90. The summed E-state index contributed by atoms with van der Waals surface area (Å²) in [4.78, 5) is 24.8. The molecular weight excluding hydrogens is 348 g/mol. The molecule has 28 heavy (non-hydrogen) atoms. The lowest BCUT2D eigenvalue weighted by Gasteiger charge is -2.01. The van der Waals surface area contributed by atoms with Crippen LogP contribution in [0.15, 0.2) is 73.8 Å². The van der Waals surface area contributed by atoms with Crippen LogP contribution in [0, 0.1) is 23.7 Å². The van der Waals surface area contributed by atoms with E-state index >= 15 is 0 Å². The smallest absolute Gasteiger partial charge is 0.116 e. The number of aromatic nitrogens is 6. The van der Waals surface area contributed by atoms with Gasteiger partial charge in [0.15, 0.2) is 0 Å². The summed E-state index contributed by atoms with van der Waals surface area (Å²) in [6, 6.07) is 11.0. The lowest BCUT2D eigenvalue weighted by molar-refractivity contribution is 1.15. The lowest BCUT2D eigenvalue weighted by atomic mass is 10.1. The van der Waals surface area contributed by atoms with Crippen LogP contribution in [-0.2, 0) is 0 Å². The highest BCUT2D eigenvalue weighted by atomic mass is 14.8. The summed E-state index contributed by atoms with van der Waals surface area (Å²) in [7, 11) is 0. The van der Waals surface area contributed by atoms with Crippen molar-refractivity contribution in [2.24, 2.45) is 0 Å². The zero-order valence-corrected chi connectivity index (χ0v) is 14.6. The maximum Gasteiger partial charge on any atom is 0.116 e. The maximum atomic E-state index is 4.40. The van der Waals surface area contributed by atoms with Gasteiger partial charge in [-0.15, -0.1) is 0 Å². The maximum absolute atomic E-state index is 4.40. The molecule has 0 aliphatic rings. The average molecular weight is 360 g/mol. The number of nitrogens with zero attached hydrogens (tertiary/aromatic N) is 6. The third-order valence-electron chi connectivity index (χ3n) is 3.62. The standard InChI is InChI=1S/C22H12N6/c1(3-19-7-9-23-15-27-19)17-5-11-25-21(13-17)22-14-18(6-12-26-22)2-4-20-8-10-24-16-28-20/h5-16H. The summed E-state index contributed by atoms with van der Waals surface area (Å²) in [6.07, 6.45) is 9.68. The van der Waals surface area contributed by atoms with Crippen molar-refractivity contribution in [3.05, 3.63) is 96.4 Å². The van der Waals surface area contributed by atoms with Crippen molar-refractivity contribution in [2.45, 2.75) is 0 Å². The fourth-order valence-electron chi connectivity index (χ4n) is 2.30. The molecule has 0 radical (unpaired) electrons. The van der Waals surface area contributed by atoms with Crippen molar-refractivity contribution >= 4 is 0 Å². The second-order valence-electron chi connectivity index (χ2n) is 5.55. The van der Waals surface area contributed by atoms with Crippen LogP contribution in [0.1, 0.15) is 22.5 Å². The number of rotatable bonds is 1. The minimum Gasteiger partial charge on any atom is -0.255 e. The first-order valence-electron chi connectivity index (χ1n) is 8.35. The highest BCUT2D eigenvalue weighted by Crippen LogP contribution is 2.16. The van der Waals surface area contributed by atoms with Gasteiger partial charge in [-0.2, -0.15) is 0 Å². The summed E-state index contributed by atoms with van der Waals surface area (Å²) in [6.45, 7) is 0. The molecule has 0 spiro atoms. The molecule has 4 rings (SSSR count). The Hall–Kier alpha value is -4.42. The molecule has 0 aliphatic heterocycles. The molecule has 4 aromatic rings. The third kappa shape index (κ3) is 4.40. The molecule has 4 aromatic heterocycles. The van der Waals surface area contributed by atoms with Crippen LogP contribution in [-0.4, -0.2) is 29.9 Å². The fourth-order valence-corrected chi connectivity index (χ4v) is 2.30. The minimum absolute atomic E-state index is 0.661. The second-order valence-corrected chi connectivity index (χ2v) is 5.55. The first kappa shape index (κ1) is 17.0. The van der Waals surface area contributed by atoms with Gasteiger partial charge in [-0.3, -0.25) is 9.97 Å². The van der Waals surface area contributed by atoms with Crippen molar-refractivity contribution in [1.82, 2.24) is 29.9 Å². The van der Waals surface area contributed by atoms with E-state index in [2.05, 4.69) is 53.6 Å². The molecule has 130 valence electrons. The quantitative estimate of drug-likeness (QED) is 0.486. The Kier molecular flexibility index (Phi) is 5.05. The summed E-state index contributed by atoms with van der Waals surface area (Å²) < 4.78 is 0. The van der Waals surface area contributed by atoms with Crippen LogP contribution in [0.25, 0.3) is 11.4 Å². The van der Waals surface area contributed by atoms with Gasteiger partial charge in [0.25, 0.3) is 0 Å². The van der Waals surface area contributed by atoms with Crippen molar-refractivity contribution in [1.29, 1.82) is 0 Å². The Morgan fingerprint density at radius 1 is 0.500 bits per heavy atom. The molecule has 0 aromatic carbocycles. The van der Waals surface area contributed by atoms with E-state index in [9.17, 15) is 0 Å². The zero-order valence-electron chi connectivity index (χ0n) is 14.6. The van der Waals surface area contributed by atoms with Crippen LogP contribution in [0.4, 0.5) is 0 Å². The highest BCUT2D eigenvalue weighted by Gasteiger charge is 2.02. The molecule has 0 atom stereocenters. The molecule has 0 N–H and O–H groups in total. The summed E-state index contributed by atoms with van der Waals surface area (Å²) in [5.41, 5.74) is 4.41. The van der Waals surface area contributed by atoms with Crippen LogP contribution in [0.2, 0.25) is 0 Å². The molecule has 0 unspecified atom stereocenters. The van der Waals surface area contributed by atoms with E-state index in [4.69, 9.17) is 0 Å². The van der Waals surface area contributed by atoms with Gasteiger partial charge in [0.2, 0.25) is 0 Å². The Morgan fingerprint density at radius 2 is 1.00 bits per heavy atom. The number of hydrogen-bond acceptors (Lipinski definition) is 6. The second kappa shape index (κ2) is 8.31. The molecule has 0 aliphatic carbocycles. The highest BCUT2D eigenvalue weighted by molar-refractivity contribution is 5.59. The first-order chi connectivity index (χ1) is 13.9. The zero-order chi connectivity index (χ0) is 19.0. The minimum atomic E-state index is 0.661. The summed E-state index contributed by atoms with van der Waals surface area (Å²) >= 11 is 0. The van der Waals surface area contributed by atoms with E-state index in [1.54, 1.807) is 36.9 Å². The van der Waals surface area contributed by atoms with Gasteiger partial charge in [-0.25, -0.2) is 19.9 Å². The van der Waals surface area contributed by atoms with Gasteiger partial charge in [-0.1, -0.05) is 11.8 Å². The van der Waals surface area contributed by atoms with E-state index in [0.717, 1.165) is 22.5 Å². The van der Waals surface area contributed by atoms with Crippen LogP contribution < -0.4 is 0 Å². The summed E-state index contributed by atoms with van der Waals surface area (Å²) in [5.74, 6) is 12.2. The van der Waals surface area contributed by atoms with Crippen molar-refractivity contribution in [3.63, 3.8) is 0 Å². The van der Waals surface area contributed by atoms with Gasteiger partial charge in [-0.05, 0) is 48.2 Å². The third-order valence-corrected chi connectivity index (χ3v) is 3.62. The molecule has 0 fully saturated rings. The van der Waals surface area contributed by atoms with Gasteiger partial charge >= 0.3 is 0 Å². The molecule has 6 heteroatoms. The molecule has 0 bridgehead atoms. The molecule has 6 nitrogen and oxygen atoms in total. The van der Waals surface area contributed by atoms with Gasteiger partial charge in [0, 0.05) is 35.9 Å². The number of hydrogen-bond donors (Lipinski definition) is 0. The molecule has 4 heterocycles. The van der Waals surface area contributed by atoms with Crippen molar-refractivity contribution in [3.8, 4) is 35.1 Å². The van der Waals surface area contributed by atoms with Crippen LogP contribution in [0.3, 0.4) is 0 Å². The predicted octanol–water partition coefficient (Wildman–Crippen LogP) is 2.52. The van der Waals surface area contributed by atoms with E-state index in [-0.39, 0.29) is 0 Å². The predicted molar refractivity (Wildman–Crippen MR) is 103 cm³/mol. The topological polar surface area (TPSA) is 77.3 Å². The molecule has 0 amide bonds. The van der Waals surface area contributed by atoms with Crippen LogP contribution in [0.5, 0.6) is 0 Å². The molecular formula is C22H12N6. The average Bonchev–Trinajstić information content (AvgIpc) is 2.78. The van der Waals surface area contributed by atoms with Crippen molar-refractivity contribution < 1.29 is 0 Å². The Bertz CT molecular complexity index is 1120. The monoisotopic (exact) mass is 360 g/mol. The Balaban J connectivity index is 1.60. The molecule has 0 saturated carbocycles. The van der Waals surface area contributed by atoms with Gasteiger partial charge < -0.3 is 0 Å². The first-order valence-corrected chi connectivity index (χ1v) is 8.35. The number of pyridine rings is 2. The largest absolute Gasteiger partial charge is 0.255 e.